The molecule has 2 rings (SSSR count). The maximum atomic E-state index is 13.8. The lowest BCUT2D eigenvalue weighted by Crippen LogP contribution is -2.11. The van der Waals surface area contributed by atoms with Crippen LogP contribution in [0.3, 0.4) is 0 Å². The highest BCUT2D eigenvalue weighted by Gasteiger charge is 2.09. The van der Waals surface area contributed by atoms with E-state index in [1.54, 1.807) is 12.1 Å². The zero-order valence-electron chi connectivity index (χ0n) is 10.5. The van der Waals surface area contributed by atoms with Gasteiger partial charge in [-0.15, -0.1) is 0 Å². The van der Waals surface area contributed by atoms with Crippen LogP contribution in [0.2, 0.25) is 0 Å². The average Bonchev–Trinajstić information content (AvgIpc) is 2.41. The molecule has 1 nitrogen and oxygen atoms in total. The summed E-state index contributed by atoms with van der Waals surface area (Å²) in [6.45, 7) is 3.38. The maximum absolute atomic E-state index is 13.8. The second-order valence-corrected chi connectivity index (χ2v) is 4.22. The molecule has 0 aliphatic carbocycles. The Morgan fingerprint density at radius 1 is 0.895 bits per heavy atom. The molecule has 0 radical (unpaired) electrons. The molecule has 0 aliphatic rings. The summed E-state index contributed by atoms with van der Waals surface area (Å²) in [6, 6.07) is 8.02. The lowest BCUT2D eigenvalue weighted by atomic mass is 10.0. The molecule has 0 aromatic heterocycles. The Morgan fingerprint density at radius 2 is 1.63 bits per heavy atom. The van der Waals surface area contributed by atoms with Gasteiger partial charge in [0.15, 0.2) is 11.6 Å². The molecule has 0 saturated heterocycles. The van der Waals surface area contributed by atoms with Gasteiger partial charge in [0.05, 0.1) is 0 Å². The third-order valence-corrected chi connectivity index (χ3v) is 2.84. The van der Waals surface area contributed by atoms with Gasteiger partial charge in [-0.1, -0.05) is 19.1 Å². The fourth-order valence-electron chi connectivity index (χ4n) is 1.84. The normalized spacial score (nSPS) is 10.7. The van der Waals surface area contributed by atoms with Crippen LogP contribution >= 0.6 is 0 Å². The number of nitrogens with one attached hydrogen (secondary N) is 1. The first-order valence-corrected chi connectivity index (χ1v) is 6.06. The molecule has 0 fully saturated rings. The predicted molar refractivity (Wildman–Crippen MR) is 69.1 cm³/mol. The smallest absolute Gasteiger partial charge is 0.159 e. The Bertz CT molecular complexity index is 582. The Morgan fingerprint density at radius 3 is 2.32 bits per heavy atom. The molecular formula is C15H14F3N. The van der Waals surface area contributed by atoms with Crippen molar-refractivity contribution in [3.63, 3.8) is 0 Å². The van der Waals surface area contributed by atoms with Crippen LogP contribution in [-0.2, 0) is 6.54 Å². The van der Waals surface area contributed by atoms with Crippen LogP contribution in [0.5, 0.6) is 0 Å². The first kappa shape index (κ1) is 13.6. The van der Waals surface area contributed by atoms with Gasteiger partial charge in [-0.25, -0.2) is 13.2 Å². The lowest BCUT2D eigenvalue weighted by Gasteiger charge is -2.08. The van der Waals surface area contributed by atoms with E-state index in [0.717, 1.165) is 24.2 Å². The molecule has 0 atom stereocenters. The summed E-state index contributed by atoms with van der Waals surface area (Å²) >= 11 is 0. The zero-order valence-corrected chi connectivity index (χ0v) is 10.5. The van der Waals surface area contributed by atoms with Crippen LogP contribution in [0.15, 0.2) is 36.4 Å². The first-order valence-electron chi connectivity index (χ1n) is 6.06. The van der Waals surface area contributed by atoms with E-state index in [0.29, 0.717) is 12.1 Å². The van der Waals surface area contributed by atoms with E-state index in [1.807, 2.05) is 6.92 Å². The van der Waals surface area contributed by atoms with Crippen LogP contribution in [-0.4, -0.2) is 6.54 Å². The van der Waals surface area contributed by atoms with Crippen molar-refractivity contribution in [2.45, 2.75) is 13.5 Å². The van der Waals surface area contributed by atoms with E-state index in [4.69, 9.17) is 0 Å². The minimum Gasteiger partial charge on any atom is -0.313 e. The van der Waals surface area contributed by atoms with E-state index in [2.05, 4.69) is 5.32 Å². The Hall–Kier alpha value is -1.81. The number of halogens is 3. The summed E-state index contributed by atoms with van der Waals surface area (Å²) in [4.78, 5) is 0. The Balaban J connectivity index is 2.39. The minimum atomic E-state index is -0.978. The standard InChI is InChI=1S/C15H14F3N/c1-2-19-9-10-3-5-13(16)12(7-10)11-4-6-14(17)15(18)8-11/h3-8,19H,2,9H2,1H3. The molecule has 0 bridgehead atoms. The Kier molecular flexibility index (Phi) is 4.22. The molecule has 2 aromatic rings. The fraction of sp³-hybridized carbons (Fsp3) is 0.200. The molecule has 2 aromatic carbocycles. The van der Waals surface area contributed by atoms with Gasteiger partial charge in [-0.3, -0.25) is 0 Å². The molecule has 0 spiro atoms. The monoisotopic (exact) mass is 265 g/mol. The number of hydrogen-bond donors (Lipinski definition) is 1. The van der Waals surface area contributed by atoms with E-state index in [9.17, 15) is 13.2 Å². The molecular weight excluding hydrogens is 251 g/mol. The van der Waals surface area contributed by atoms with E-state index in [1.165, 1.54) is 12.1 Å². The second kappa shape index (κ2) is 5.89. The van der Waals surface area contributed by atoms with Gasteiger partial charge in [0.1, 0.15) is 5.82 Å². The molecule has 100 valence electrons. The van der Waals surface area contributed by atoms with Crippen molar-refractivity contribution in [2.24, 2.45) is 0 Å². The molecule has 0 saturated carbocycles. The van der Waals surface area contributed by atoms with Crippen molar-refractivity contribution in [1.82, 2.24) is 5.32 Å². The molecule has 0 aliphatic heterocycles. The van der Waals surface area contributed by atoms with E-state index in [-0.39, 0.29) is 5.56 Å². The highest BCUT2D eigenvalue weighted by atomic mass is 19.2. The highest BCUT2D eigenvalue weighted by molar-refractivity contribution is 5.65. The lowest BCUT2D eigenvalue weighted by molar-refractivity contribution is 0.509. The van der Waals surface area contributed by atoms with Gasteiger partial charge >= 0.3 is 0 Å². The summed E-state index contributed by atoms with van der Waals surface area (Å²) in [6.07, 6.45) is 0. The SMILES string of the molecule is CCNCc1ccc(F)c(-c2ccc(F)c(F)c2)c1. The molecule has 19 heavy (non-hydrogen) atoms. The first-order chi connectivity index (χ1) is 9.11. The molecule has 0 unspecified atom stereocenters. The summed E-state index contributed by atoms with van der Waals surface area (Å²) in [5.74, 6) is -2.37. The summed E-state index contributed by atoms with van der Waals surface area (Å²) in [5, 5.41) is 3.13. The fourth-order valence-corrected chi connectivity index (χ4v) is 1.84. The van der Waals surface area contributed by atoms with E-state index < -0.39 is 17.5 Å². The van der Waals surface area contributed by atoms with Gasteiger partial charge in [-0.2, -0.15) is 0 Å². The van der Waals surface area contributed by atoms with Gasteiger partial charge in [0.25, 0.3) is 0 Å². The van der Waals surface area contributed by atoms with Gasteiger partial charge < -0.3 is 5.32 Å². The Labute approximate surface area is 110 Å². The van der Waals surface area contributed by atoms with Crippen molar-refractivity contribution in [3.05, 3.63) is 59.4 Å². The van der Waals surface area contributed by atoms with Crippen LogP contribution in [0.4, 0.5) is 13.2 Å². The van der Waals surface area contributed by atoms with Crippen molar-refractivity contribution < 1.29 is 13.2 Å². The highest BCUT2D eigenvalue weighted by Crippen LogP contribution is 2.25. The molecule has 0 amide bonds. The third kappa shape index (κ3) is 3.15. The number of rotatable bonds is 4. The zero-order chi connectivity index (χ0) is 13.8. The molecule has 4 heteroatoms. The van der Waals surface area contributed by atoms with Crippen molar-refractivity contribution >= 4 is 0 Å². The summed E-state index contributed by atoms with van der Waals surface area (Å²) in [7, 11) is 0. The quantitative estimate of drug-likeness (QED) is 0.884. The van der Waals surface area contributed by atoms with Crippen molar-refractivity contribution in [2.75, 3.05) is 6.54 Å². The topological polar surface area (TPSA) is 12.0 Å². The van der Waals surface area contributed by atoms with Crippen LogP contribution in [0.25, 0.3) is 11.1 Å². The number of benzene rings is 2. The summed E-state index contributed by atoms with van der Waals surface area (Å²) in [5.41, 5.74) is 1.49. The van der Waals surface area contributed by atoms with Gasteiger partial charge in [0, 0.05) is 12.1 Å². The van der Waals surface area contributed by atoms with Crippen molar-refractivity contribution in [1.29, 1.82) is 0 Å². The maximum Gasteiger partial charge on any atom is 0.159 e. The van der Waals surface area contributed by atoms with Gasteiger partial charge in [-0.05, 0) is 41.9 Å². The van der Waals surface area contributed by atoms with Crippen LogP contribution < -0.4 is 5.32 Å². The largest absolute Gasteiger partial charge is 0.313 e. The van der Waals surface area contributed by atoms with Crippen LogP contribution in [0.1, 0.15) is 12.5 Å². The second-order valence-electron chi connectivity index (χ2n) is 4.22. The summed E-state index contributed by atoms with van der Waals surface area (Å²) < 4.78 is 39.8. The van der Waals surface area contributed by atoms with Crippen molar-refractivity contribution in [3.8, 4) is 11.1 Å². The van der Waals surface area contributed by atoms with Crippen LogP contribution in [0, 0.1) is 17.5 Å². The predicted octanol–water partition coefficient (Wildman–Crippen LogP) is 3.88. The molecule has 0 heterocycles. The average molecular weight is 265 g/mol. The molecule has 1 N–H and O–H groups in total. The van der Waals surface area contributed by atoms with Gasteiger partial charge in [0.2, 0.25) is 0 Å². The minimum absolute atomic E-state index is 0.273. The number of hydrogen-bond acceptors (Lipinski definition) is 1. The third-order valence-electron chi connectivity index (χ3n) is 2.84. The van der Waals surface area contributed by atoms with E-state index >= 15 is 0 Å².